The van der Waals surface area contributed by atoms with Gasteiger partial charge in [-0.2, -0.15) is 4.31 Å². The van der Waals surface area contributed by atoms with Crippen LogP contribution in [0.25, 0.3) is 11.6 Å². The van der Waals surface area contributed by atoms with Crippen LogP contribution in [0.3, 0.4) is 0 Å². The van der Waals surface area contributed by atoms with E-state index in [1.165, 1.54) is 22.5 Å². The van der Waals surface area contributed by atoms with Gasteiger partial charge in [-0.15, -0.1) is 5.10 Å². The molecule has 3 heterocycles. The van der Waals surface area contributed by atoms with Crippen LogP contribution in [0.15, 0.2) is 52.0 Å². The summed E-state index contributed by atoms with van der Waals surface area (Å²) < 4.78 is 50.5. The lowest BCUT2D eigenvalue weighted by atomic mass is 10.3. The van der Waals surface area contributed by atoms with Crippen LogP contribution in [-0.2, 0) is 23.2 Å². The Hall–Kier alpha value is -2.34. The van der Waals surface area contributed by atoms with Crippen molar-refractivity contribution in [1.82, 2.24) is 23.6 Å². The number of nitrogens with zero attached hydrogens (tertiary/aromatic N) is 5. The standard InChI is InChI=1S/C19H22FN5O3S2/c1-2-24-18(16-7-5-13-28-16)21-25(19(24)29)14-22-9-11-23(12-10-22)30(26,27)17-8-4-3-6-15(17)20/h3-8,13H,2,9-12,14H2,1H3. The monoisotopic (exact) mass is 451 g/mol. The van der Waals surface area contributed by atoms with E-state index in [9.17, 15) is 12.8 Å². The molecule has 0 N–H and O–H groups in total. The van der Waals surface area contributed by atoms with E-state index in [1.54, 1.807) is 17.0 Å². The normalized spacial score (nSPS) is 16.2. The van der Waals surface area contributed by atoms with Gasteiger partial charge in [0.25, 0.3) is 0 Å². The second-order valence-electron chi connectivity index (χ2n) is 6.92. The van der Waals surface area contributed by atoms with E-state index in [0.29, 0.717) is 42.7 Å². The molecule has 30 heavy (non-hydrogen) atoms. The van der Waals surface area contributed by atoms with Gasteiger partial charge in [0.05, 0.1) is 12.9 Å². The Bertz CT molecular complexity index is 1180. The first-order valence-corrected chi connectivity index (χ1v) is 11.4. The van der Waals surface area contributed by atoms with Crippen molar-refractivity contribution in [3.63, 3.8) is 0 Å². The van der Waals surface area contributed by atoms with Crippen molar-refractivity contribution in [3.05, 3.63) is 53.2 Å². The van der Waals surface area contributed by atoms with Crippen LogP contribution in [0.5, 0.6) is 0 Å². The molecule has 1 saturated heterocycles. The fraction of sp³-hybridized carbons (Fsp3) is 0.368. The van der Waals surface area contributed by atoms with Crippen LogP contribution >= 0.6 is 12.2 Å². The SMILES string of the molecule is CCn1c(-c2ccco2)nn(CN2CCN(S(=O)(=O)c3ccccc3F)CC2)c1=S. The third kappa shape index (κ3) is 3.85. The van der Waals surface area contributed by atoms with Crippen LogP contribution in [0.1, 0.15) is 6.92 Å². The van der Waals surface area contributed by atoms with E-state index < -0.39 is 15.8 Å². The number of sulfonamides is 1. The second-order valence-corrected chi connectivity index (χ2v) is 9.19. The minimum Gasteiger partial charge on any atom is -0.461 e. The molecule has 1 fully saturated rings. The zero-order chi connectivity index (χ0) is 21.3. The molecule has 0 unspecified atom stereocenters. The topological polar surface area (TPSA) is 76.5 Å². The van der Waals surface area contributed by atoms with Crippen molar-refractivity contribution in [2.45, 2.75) is 25.0 Å². The minimum atomic E-state index is -3.86. The highest BCUT2D eigenvalue weighted by atomic mass is 32.2. The van der Waals surface area contributed by atoms with Crippen molar-refractivity contribution in [1.29, 1.82) is 0 Å². The van der Waals surface area contributed by atoms with Crippen LogP contribution in [0.4, 0.5) is 4.39 Å². The smallest absolute Gasteiger partial charge is 0.246 e. The fourth-order valence-corrected chi connectivity index (χ4v) is 5.30. The molecular formula is C19H22FN5O3S2. The maximum absolute atomic E-state index is 14.0. The van der Waals surface area contributed by atoms with Crippen molar-refractivity contribution >= 4 is 22.2 Å². The van der Waals surface area contributed by atoms with Gasteiger partial charge < -0.3 is 4.42 Å². The molecule has 0 saturated carbocycles. The molecule has 160 valence electrons. The molecule has 0 spiro atoms. The quantitative estimate of drug-likeness (QED) is 0.537. The molecular weight excluding hydrogens is 429 g/mol. The fourth-order valence-electron chi connectivity index (χ4n) is 3.50. The van der Waals surface area contributed by atoms with E-state index in [0.717, 1.165) is 6.07 Å². The van der Waals surface area contributed by atoms with Crippen molar-refractivity contribution in [3.8, 4) is 11.6 Å². The Morgan fingerprint density at radius 3 is 2.50 bits per heavy atom. The molecule has 0 atom stereocenters. The molecule has 0 amide bonds. The van der Waals surface area contributed by atoms with Gasteiger partial charge in [-0.3, -0.25) is 9.47 Å². The highest BCUT2D eigenvalue weighted by molar-refractivity contribution is 7.89. The highest BCUT2D eigenvalue weighted by Crippen LogP contribution is 2.22. The zero-order valence-electron chi connectivity index (χ0n) is 16.4. The lowest BCUT2D eigenvalue weighted by Crippen LogP contribution is -2.49. The van der Waals surface area contributed by atoms with Gasteiger partial charge in [0.2, 0.25) is 10.0 Å². The summed E-state index contributed by atoms with van der Waals surface area (Å²) in [7, 11) is -3.86. The molecule has 4 rings (SSSR count). The summed E-state index contributed by atoms with van der Waals surface area (Å²) in [5.74, 6) is 0.567. The number of hydrogen-bond donors (Lipinski definition) is 0. The van der Waals surface area contributed by atoms with Crippen LogP contribution < -0.4 is 0 Å². The molecule has 1 aliphatic heterocycles. The summed E-state index contributed by atoms with van der Waals surface area (Å²) in [4.78, 5) is 1.78. The largest absolute Gasteiger partial charge is 0.461 e. The first-order chi connectivity index (χ1) is 14.4. The van der Waals surface area contributed by atoms with E-state index in [2.05, 4.69) is 10.00 Å². The second kappa shape index (κ2) is 8.42. The number of rotatable bonds is 6. The molecule has 0 aliphatic carbocycles. The molecule has 2 aromatic heterocycles. The summed E-state index contributed by atoms with van der Waals surface area (Å²) in [5.41, 5.74) is 0. The maximum atomic E-state index is 14.0. The minimum absolute atomic E-state index is 0.267. The number of hydrogen-bond acceptors (Lipinski definition) is 6. The van der Waals surface area contributed by atoms with Crippen LogP contribution in [0.2, 0.25) is 0 Å². The Kier molecular flexibility index (Phi) is 5.87. The molecule has 1 aliphatic rings. The van der Waals surface area contributed by atoms with Crippen molar-refractivity contribution in [2.24, 2.45) is 0 Å². The van der Waals surface area contributed by atoms with E-state index in [1.807, 2.05) is 17.6 Å². The van der Waals surface area contributed by atoms with E-state index in [4.69, 9.17) is 16.6 Å². The van der Waals surface area contributed by atoms with Gasteiger partial charge in [0.1, 0.15) is 10.7 Å². The summed E-state index contributed by atoms with van der Waals surface area (Å²) in [6.45, 7) is 4.60. The van der Waals surface area contributed by atoms with Crippen molar-refractivity contribution < 1.29 is 17.2 Å². The first kappa shape index (κ1) is 20.9. The summed E-state index contributed by atoms with van der Waals surface area (Å²) in [6, 6.07) is 9.08. The highest BCUT2D eigenvalue weighted by Gasteiger charge is 2.30. The van der Waals surface area contributed by atoms with Crippen LogP contribution in [-0.4, -0.2) is 58.1 Å². The lowest BCUT2D eigenvalue weighted by molar-refractivity contribution is 0.144. The summed E-state index contributed by atoms with van der Waals surface area (Å²) in [5, 5.41) is 4.60. The molecule has 8 nitrogen and oxygen atoms in total. The first-order valence-electron chi connectivity index (χ1n) is 9.60. The number of furan rings is 1. The lowest BCUT2D eigenvalue weighted by Gasteiger charge is -2.33. The summed E-state index contributed by atoms with van der Waals surface area (Å²) >= 11 is 5.56. The van der Waals surface area contributed by atoms with Crippen molar-refractivity contribution in [2.75, 3.05) is 26.2 Å². The third-order valence-electron chi connectivity index (χ3n) is 5.10. The third-order valence-corrected chi connectivity index (χ3v) is 7.46. The number of benzene rings is 1. The predicted octanol–water partition coefficient (Wildman–Crippen LogP) is 2.80. The molecule has 1 aromatic carbocycles. The van der Waals surface area contributed by atoms with E-state index >= 15 is 0 Å². The molecule has 0 bridgehead atoms. The van der Waals surface area contributed by atoms with E-state index in [-0.39, 0.29) is 18.0 Å². The predicted molar refractivity (Wildman–Crippen MR) is 111 cm³/mol. The average Bonchev–Trinajstić information content (AvgIpc) is 3.37. The average molecular weight is 452 g/mol. The maximum Gasteiger partial charge on any atom is 0.246 e. The zero-order valence-corrected chi connectivity index (χ0v) is 18.1. The number of piperazine rings is 1. The van der Waals surface area contributed by atoms with Gasteiger partial charge in [0, 0.05) is 32.7 Å². The van der Waals surface area contributed by atoms with Crippen LogP contribution in [0, 0.1) is 10.6 Å². The summed E-state index contributed by atoms with van der Waals surface area (Å²) in [6.07, 6.45) is 1.59. The molecule has 3 aromatic rings. The Balaban J connectivity index is 1.47. The van der Waals surface area contributed by atoms with Gasteiger partial charge in [0.15, 0.2) is 16.4 Å². The van der Waals surface area contributed by atoms with Gasteiger partial charge in [-0.05, 0) is 43.4 Å². The van der Waals surface area contributed by atoms with Gasteiger partial charge >= 0.3 is 0 Å². The van der Waals surface area contributed by atoms with Gasteiger partial charge in [-0.25, -0.2) is 17.5 Å². The number of aromatic nitrogens is 3. The molecule has 0 radical (unpaired) electrons. The Labute approximate surface area is 179 Å². The number of halogens is 1. The Morgan fingerprint density at radius 2 is 1.87 bits per heavy atom. The molecule has 11 heteroatoms. The van der Waals surface area contributed by atoms with Gasteiger partial charge in [-0.1, -0.05) is 12.1 Å². The Morgan fingerprint density at radius 1 is 1.13 bits per heavy atom.